The molecule has 1 aliphatic rings. The van der Waals surface area contributed by atoms with Crippen LogP contribution in [-0.2, 0) is 6.42 Å². The third-order valence-electron chi connectivity index (χ3n) is 4.93. The third-order valence-corrected chi connectivity index (χ3v) is 4.93. The van der Waals surface area contributed by atoms with E-state index in [1.807, 2.05) is 54.6 Å². The number of rotatable bonds is 5. The van der Waals surface area contributed by atoms with Gasteiger partial charge in [0.15, 0.2) is 0 Å². The lowest BCUT2D eigenvalue weighted by Gasteiger charge is -2.12. The van der Waals surface area contributed by atoms with E-state index in [-0.39, 0.29) is 17.3 Å². The smallest absolute Gasteiger partial charge is 0.271 e. The van der Waals surface area contributed by atoms with Crippen LogP contribution in [0.25, 0.3) is 0 Å². The second-order valence-corrected chi connectivity index (χ2v) is 6.65. The first-order valence-electron chi connectivity index (χ1n) is 8.94. The van der Waals surface area contributed by atoms with Gasteiger partial charge in [-0.05, 0) is 23.6 Å². The van der Waals surface area contributed by atoms with Crippen LogP contribution < -0.4 is 5.43 Å². The summed E-state index contributed by atoms with van der Waals surface area (Å²) in [5.74, 6) is 0.0122. The molecule has 1 aliphatic carbocycles. The molecule has 8 heteroatoms. The van der Waals surface area contributed by atoms with E-state index in [4.69, 9.17) is 0 Å². The van der Waals surface area contributed by atoms with E-state index < -0.39 is 15.5 Å². The van der Waals surface area contributed by atoms with Gasteiger partial charge in [-0.15, -0.1) is 0 Å². The predicted molar refractivity (Wildman–Crippen MR) is 109 cm³/mol. The average Bonchev–Trinajstić information content (AvgIpc) is 3.11. The first kappa shape index (κ1) is 18.3. The van der Waals surface area contributed by atoms with E-state index in [1.54, 1.807) is 0 Å². The van der Waals surface area contributed by atoms with Crippen molar-refractivity contribution in [1.82, 2.24) is 0 Å². The fraction of sp³-hybridized carbons (Fsp3) is 0.0952. The van der Waals surface area contributed by atoms with Crippen LogP contribution in [0.15, 0.2) is 77.9 Å². The zero-order valence-electron chi connectivity index (χ0n) is 15.2. The van der Waals surface area contributed by atoms with Crippen LogP contribution >= 0.6 is 0 Å². The minimum absolute atomic E-state index is 0.0122. The van der Waals surface area contributed by atoms with Gasteiger partial charge in [-0.25, -0.2) is 0 Å². The minimum atomic E-state index is -0.665. The SMILES string of the molecule is O=[N+]([O-])c1ccc(N/N=C2\c3ccccc3CC2c2ccccc2)c([N+](=O)[O-])c1. The van der Waals surface area contributed by atoms with Crippen LogP contribution in [0.5, 0.6) is 0 Å². The number of fused-ring (bicyclic) bond motifs is 1. The van der Waals surface area contributed by atoms with Gasteiger partial charge in [0.1, 0.15) is 5.69 Å². The van der Waals surface area contributed by atoms with E-state index in [0.717, 1.165) is 34.9 Å². The van der Waals surface area contributed by atoms with Gasteiger partial charge in [0.2, 0.25) is 0 Å². The molecule has 3 aromatic rings. The highest BCUT2D eigenvalue weighted by Crippen LogP contribution is 2.35. The number of nitro groups is 2. The summed E-state index contributed by atoms with van der Waals surface area (Å²) in [5, 5.41) is 26.8. The zero-order chi connectivity index (χ0) is 20.4. The summed E-state index contributed by atoms with van der Waals surface area (Å²) in [5.41, 5.74) is 6.14. The lowest BCUT2D eigenvalue weighted by molar-refractivity contribution is -0.393. The molecule has 0 heterocycles. The van der Waals surface area contributed by atoms with Gasteiger partial charge >= 0.3 is 5.69 Å². The van der Waals surface area contributed by atoms with Crippen LogP contribution in [0.1, 0.15) is 22.6 Å². The molecule has 0 saturated carbocycles. The van der Waals surface area contributed by atoms with Crippen molar-refractivity contribution < 1.29 is 9.85 Å². The van der Waals surface area contributed by atoms with Crippen molar-refractivity contribution in [3.8, 4) is 0 Å². The maximum absolute atomic E-state index is 11.4. The van der Waals surface area contributed by atoms with Gasteiger partial charge in [0.25, 0.3) is 5.69 Å². The topological polar surface area (TPSA) is 111 Å². The quantitative estimate of drug-likeness (QED) is 0.505. The van der Waals surface area contributed by atoms with Gasteiger partial charge in [-0.3, -0.25) is 25.7 Å². The van der Waals surface area contributed by atoms with Gasteiger partial charge in [-0.2, -0.15) is 5.10 Å². The molecule has 4 rings (SSSR count). The predicted octanol–water partition coefficient (Wildman–Crippen LogP) is 4.66. The Labute approximate surface area is 165 Å². The molecule has 1 N–H and O–H groups in total. The molecule has 0 spiro atoms. The second kappa shape index (κ2) is 7.51. The summed E-state index contributed by atoms with van der Waals surface area (Å²) in [6.07, 6.45) is 0.781. The molecule has 0 amide bonds. The molecule has 29 heavy (non-hydrogen) atoms. The van der Waals surface area contributed by atoms with Gasteiger partial charge in [0.05, 0.1) is 21.6 Å². The molecule has 0 radical (unpaired) electrons. The molecular formula is C21H16N4O4. The Balaban J connectivity index is 1.74. The summed E-state index contributed by atoms with van der Waals surface area (Å²) in [4.78, 5) is 21.0. The van der Waals surface area contributed by atoms with Crippen molar-refractivity contribution in [3.05, 3.63) is 110 Å². The van der Waals surface area contributed by atoms with E-state index >= 15 is 0 Å². The molecule has 3 aromatic carbocycles. The standard InChI is InChI=1S/C21H16N4O4/c26-24(27)16-10-11-19(20(13-16)25(28)29)22-23-21-17-9-5-4-8-15(17)12-18(21)14-6-2-1-3-7-14/h1-11,13,18,22H,12H2/b23-21+. The van der Waals surface area contributed by atoms with Crippen LogP contribution in [0.3, 0.4) is 0 Å². The Morgan fingerprint density at radius 2 is 1.62 bits per heavy atom. The van der Waals surface area contributed by atoms with Crippen LogP contribution in [0, 0.1) is 20.2 Å². The zero-order valence-corrected chi connectivity index (χ0v) is 15.2. The Hall–Kier alpha value is -4.07. The number of hydrogen-bond acceptors (Lipinski definition) is 6. The Kier molecular flexibility index (Phi) is 4.74. The van der Waals surface area contributed by atoms with E-state index in [1.165, 1.54) is 12.1 Å². The van der Waals surface area contributed by atoms with Crippen LogP contribution in [0.2, 0.25) is 0 Å². The largest absolute Gasteiger partial charge is 0.301 e. The highest BCUT2D eigenvalue weighted by molar-refractivity contribution is 6.09. The highest BCUT2D eigenvalue weighted by Gasteiger charge is 2.30. The van der Waals surface area contributed by atoms with Gasteiger partial charge in [0, 0.05) is 17.5 Å². The first-order chi connectivity index (χ1) is 14.0. The van der Waals surface area contributed by atoms with Crippen LogP contribution in [-0.4, -0.2) is 15.6 Å². The van der Waals surface area contributed by atoms with Gasteiger partial charge < -0.3 is 0 Å². The number of nitrogens with one attached hydrogen (secondary N) is 1. The van der Waals surface area contributed by atoms with Crippen molar-refractivity contribution in [2.45, 2.75) is 12.3 Å². The number of anilines is 1. The fourth-order valence-corrected chi connectivity index (χ4v) is 3.55. The maximum Gasteiger partial charge on any atom is 0.301 e. The lowest BCUT2D eigenvalue weighted by Crippen LogP contribution is -2.11. The number of non-ortho nitro benzene ring substituents is 1. The number of benzene rings is 3. The Morgan fingerprint density at radius 3 is 2.34 bits per heavy atom. The molecule has 0 fully saturated rings. The summed E-state index contributed by atoms with van der Waals surface area (Å²) in [7, 11) is 0. The monoisotopic (exact) mass is 388 g/mol. The van der Waals surface area contributed by atoms with Crippen molar-refractivity contribution in [2.24, 2.45) is 5.10 Å². The highest BCUT2D eigenvalue weighted by atomic mass is 16.6. The van der Waals surface area contributed by atoms with E-state index in [2.05, 4.69) is 10.5 Å². The van der Waals surface area contributed by atoms with Crippen LogP contribution in [0.4, 0.5) is 17.1 Å². The van der Waals surface area contributed by atoms with Gasteiger partial charge in [-0.1, -0.05) is 54.6 Å². The van der Waals surface area contributed by atoms with Crippen molar-refractivity contribution >= 4 is 22.8 Å². The molecule has 1 unspecified atom stereocenters. The summed E-state index contributed by atoms with van der Waals surface area (Å²) in [6.45, 7) is 0. The van der Waals surface area contributed by atoms with Crippen molar-refractivity contribution in [3.63, 3.8) is 0 Å². The maximum atomic E-state index is 11.4. The van der Waals surface area contributed by atoms with Crippen molar-refractivity contribution in [2.75, 3.05) is 5.43 Å². The molecule has 0 bridgehead atoms. The summed E-state index contributed by atoms with van der Waals surface area (Å²) in [6, 6.07) is 21.3. The number of hydrogen-bond donors (Lipinski definition) is 1. The summed E-state index contributed by atoms with van der Waals surface area (Å²) >= 11 is 0. The number of nitrogens with zero attached hydrogens (tertiary/aromatic N) is 3. The normalized spacial score (nSPS) is 16.4. The van der Waals surface area contributed by atoms with E-state index in [9.17, 15) is 20.2 Å². The molecule has 0 aromatic heterocycles. The Bertz CT molecular complexity index is 1130. The van der Waals surface area contributed by atoms with E-state index in [0.29, 0.717) is 0 Å². The average molecular weight is 388 g/mol. The molecule has 0 aliphatic heterocycles. The first-order valence-corrected chi connectivity index (χ1v) is 8.94. The molecule has 8 nitrogen and oxygen atoms in total. The summed E-state index contributed by atoms with van der Waals surface area (Å²) < 4.78 is 0. The molecule has 0 saturated heterocycles. The second-order valence-electron chi connectivity index (χ2n) is 6.65. The molecule has 1 atom stereocenters. The third kappa shape index (κ3) is 3.55. The molecular weight excluding hydrogens is 372 g/mol. The Morgan fingerprint density at radius 1 is 0.897 bits per heavy atom. The number of hydrazone groups is 1. The lowest BCUT2D eigenvalue weighted by atomic mass is 9.95. The van der Waals surface area contributed by atoms with Crippen molar-refractivity contribution in [1.29, 1.82) is 0 Å². The number of nitro benzene ring substituents is 2. The molecule has 144 valence electrons. The fourth-order valence-electron chi connectivity index (χ4n) is 3.55. The minimum Gasteiger partial charge on any atom is -0.271 e.